The summed E-state index contributed by atoms with van der Waals surface area (Å²) < 4.78 is 27.8. The number of aromatic nitrogens is 1. The standard InChI is InChI=1S/C12H19ClN2O2S2/c1-3-12(6-4-5-7-12)8-14-19(16,17)10-9(2)15-11(13)18-10/h14H,3-8H2,1-2H3. The number of rotatable bonds is 5. The summed E-state index contributed by atoms with van der Waals surface area (Å²) in [5.41, 5.74) is 0.606. The van der Waals surface area contributed by atoms with Crippen LogP contribution in [0.5, 0.6) is 0 Å². The number of halogens is 1. The Morgan fingerprint density at radius 3 is 2.53 bits per heavy atom. The van der Waals surface area contributed by atoms with Crippen molar-refractivity contribution in [2.24, 2.45) is 5.41 Å². The highest BCUT2D eigenvalue weighted by molar-refractivity contribution is 7.91. The second-order valence-corrected chi connectivity index (χ2v) is 8.77. The van der Waals surface area contributed by atoms with Gasteiger partial charge in [0.25, 0.3) is 10.0 Å². The van der Waals surface area contributed by atoms with Crippen LogP contribution in [0.25, 0.3) is 0 Å². The van der Waals surface area contributed by atoms with Crippen molar-refractivity contribution in [3.8, 4) is 0 Å². The van der Waals surface area contributed by atoms with Crippen molar-refractivity contribution >= 4 is 33.0 Å². The molecule has 1 aromatic rings. The SMILES string of the molecule is CCC1(CNS(=O)(=O)c2sc(Cl)nc2C)CCCC1. The lowest BCUT2D eigenvalue weighted by molar-refractivity contribution is 0.286. The monoisotopic (exact) mass is 322 g/mol. The maximum atomic E-state index is 12.3. The minimum absolute atomic E-state index is 0.134. The van der Waals surface area contributed by atoms with Crippen LogP contribution >= 0.6 is 22.9 Å². The molecular formula is C12H19ClN2O2S2. The zero-order valence-corrected chi connectivity index (χ0v) is 13.6. The number of nitrogens with zero attached hydrogens (tertiary/aromatic N) is 1. The summed E-state index contributed by atoms with van der Waals surface area (Å²) in [6.45, 7) is 4.32. The summed E-state index contributed by atoms with van der Waals surface area (Å²) >= 11 is 6.78. The van der Waals surface area contributed by atoms with Crippen molar-refractivity contribution in [3.05, 3.63) is 10.2 Å². The van der Waals surface area contributed by atoms with E-state index in [1.54, 1.807) is 6.92 Å². The summed E-state index contributed by atoms with van der Waals surface area (Å²) in [5, 5.41) is 0. The molecule has 1 saturated carbocycles. The maximum absolute atomic E-state index is 12.3. The van der Waals surface area contributed by atoms with Gasteiger partial charge in [-0.3, -0.25) is 0 Å². The Hall–Kier alpha value is -0.170. The average Bonchev–Trinajstić information content (AvgIpc) is 2.95. The van der Waals surface area contributed by atoms with Crippen molar-refractivity contribution in [3.63, 3.8) is 0 Å². The van der Waals surface area contributed by atoms with Gasteiger partial charge >= 0.3 is 0 Å². The Morgan fingerprint density at radius 1 is 1.42 bits per heavy atom. The highest BCUT2D eigenvalue weighted by Crippen LogP contribution is 2.40. The predicted molar refractivity (Wildman–Crippen MR) is 78.2 cm³/mol. The van der Waals surface area contributed by atoms with Gasteiger partial charge in [-0.15, -0.1) is 0 Å². The van der Waals surface area contributed by atoms with Crippen LogP contribution in [0.4, 0.5) is 0 Å². The van der Waals surface area contributed by atoms with Crippen LogP contribution in [0.1, 0.15) is 44.7 Å². The van der Waals surface area contributed by atoms with Crippen molar-refractivity contribution in [1.82, 2.24) is 9.71 Å². The highest BCUT2D eigenvalue weighted by Gasteiger charge is 2.34. The Morgan fingerprint density at radius 2 is 2.05 bits per heavy atom. The van der Waals surface area contributed by atoms with Crippen molar-refractivity contribution in [2.45, 2.75) is 50.2 Å². The predicted octanol–water partition coefficient (Wildman–Crippen LogP) is 3.35. The molecule has 0 spiro atoms. The number of nitrogens with one attached hydrogen (secondary N) is 1. The first-order valence-corrected chi connectivity index (χ1v) is 9.19. The van der Waals surface area contributed by atoms with Gasteiger partial charge in [0.1, 0.15) is 0 Å². The molecule has 19 heavy (non-hydrogen) atoms. The molecule has 1 heterocycles. The van der Waals surface area contributed by atoms with E-state index in [0.717, 1.165) is 30.6 Å². The van der Waals surface area contributed by atoms with Gasteiger partial charge in [-0.05, 0) is 31.6 Å². The third-order valence-corrected chi connectivity index (χ3v) is 7.30. The Kier molecular flexibility index (Phi) is 4.55. The first kappa shape index (κ1) is 15.2. The Balaban J connectivity index is 2.12. The summed E-state index contributed by atoms with van der Waals surface area (Å²) in [5.74, 6) is 0. The minimum Gasteiger partial charge on any atom is -0.229 e. The molecular weight excluding hydrogens is 304 g/mol. The van der Waals surface area contributed by atoms with Crippen LogP contribution in [-0.4, -0.2) is 19.9 Å². The largest absolute Gasteiger partial charge is 0.252 e. The number of sulfonamides is 1. The minimum atomic E-state index is -3.48. The van der Waals surface area contributed by atoms with E-state index in [2.05, 4.69) is 16.6 Å². The maximum Gasteiger partial charge on any atom is 0.252 e. The van der Waals surface area contributed by atoms with E-state index in [4.69, 9.17) is 11.6 Å². The van der Waals surface area contributed by atoms with Crippen LogP contribution in [0.3, 0.4) is 0 Å². The molecule has 0 radical (unpaired) electrons. The molecule has 0 saturated heterocycles. The fourth-order valence-electron chi connectivity index (χ4n) is 2.69. The summed E-state index contributed by atoms with van der Waals surface area (Å²) in [6, 6.07) is 0. The van der Waals surface area contributed by atoms with Crippen LogP contribution in [0, 0.1) is 12.3 Å². The molecule has 0 aromatic carbocycles. The molecule has 0 bridgehead atoms. The van der Waals surface area contributed by atoms with Crippen LogP contribution in [0.15, 0.2) is 4.21 Å². The smallest absolute Gasteiger partial charge is 0.229 e. The second kappa shape index (κ2) is 5.68. The van der Waals surface area contributed by atoms with E-state index in [9.17, 15) is 8.42 Å². The van der Waals surface area contributed by atoms with Crippen LogP contribution in [-0.2, 0) is 10.0 Å². The van der Waals surface area contributed by atoms with Gasteiger partial charge in [0.2, 0.25) is 0 Å². The first-order valence-electron chi connectivity index (χ1n) is 6.51. The highest BCUT2D eigenvalue weighted by atomic mass is 35.5. The molecule has 1 N–H and O–H groups in total. The summed E-state index contributed by atoms with van der Waals surface area (Å²) in [7, 11) is -3.48. The zero-order chi connectivity index (χ0) is 14.1. The molecule has 0 aliphatic heterocycles. The number of hydrogen-bond donors (Lipinski definition) is 1. The topological polar surface area (TPSA) is 59.1 Å². The van der Waals surface area contributed by atoms with Gasteiger partial charge in [-0.2, -0.15) is 0 Å². The third-order valence-electron chi connectivity index (χ3n) is 4.02. The normalized spacial score (nSPS) is 18.9. The molecule has 1 aliphatic carbocycles. The fraction of sp³-hybridized carbons (Fsp3) is 0.750. The van der Waals surface area contributed by atoms with E-state index < -0.39 is 10.0 Å². The lowest BCUT2D eigenvalue weighted by atomic mass is 9.84. The van der Waals surface area contributed by atoms with E-state index in [1.165, 1.54) is 12.8 Å². The molecule has 0 amide bonds. The zero-order valence-electron chi connectivity index (χ0n) is 11.2. The molecule has 108 valence electrons. The van der Waals surface area contributed by atoms with Gasteiger partial charge in [0.05, 0.1) is 5.69 Å². The lowest BCUT2D eigenvalue weighted by Gasteiger charge is -2.27. The second-order valence-electron chi connectivity index (χ2n) is 5.22. The molecule has 2 rings (SSSR count). The summed E-state index contributed by atoms with van der Waals surface area (Å²) in [6.07, 6.45) is 5.61. The lowest BCUT2D eigenvalue weighted by Crippen LogP contribution is -2.35. The quantitative estimate of drug-likeness (QED) is 0.904. The Bertz CT molecular complexity index is 548. The van der Waals surface area contributed by atoms with Crippen molar-refractivity contribution in [1.29, 1.82) is 0 Å². The van der Waals surface area contributed by atoms with Crippen molar-refractivity contribution < 1.29 is 8.42 Å². The van der Waals surface area contributed by atoms with E-state index in [-0.39, 0.29) is 14.1 Å². The fourth-order valence-corrected chi connectivity index (χ4v) is 5.63. The van der Waals surface area contributed by atoms with E-state index in [1.807, 2.05) is 0 Å². The Labute approximate surface area is 123 Å². The van der Waals surface area contributed by atoms with Gasteiger partial charge in [-0.25, -0.2) is 18.1 Å². The van der Waals surface area contributed by atoms with Gasteiger partial charge in [0.15, 0.2) is 8.68 Å². The van der Waals surface area contributed by atoms with Crippen LogP contribution < -0.4 is 4.72 Å². The number of hydrogen-bond acceptors (Lipinski definition) is 4. The molecule has 7 heteroatoms. The van der Waals surface area contributed by atoms with Gasteiger partial charge in [0, 0.05) is 6.54 Å². The average molecular weight is 323 g/mol. The van der Waals surface area contributed by atoms with E-state index in [0.29, 0.717) is 12.2 Å². The number of thiazole rings is 1. The molecule has 0 unspecified atom stereocenters. The molecule has 0 atom stereocenters. The first-order chi connectivity index (χ1) is 8.88. The van der Waals surface area contributed by atoms with Crippen molar-refractivity contribution in [2.75, 3.05) is 6.54 Å². The molecule has 1 fully saturated rings. The molecule has 1 aromatic heterocycles. The van der Waals surface area contributed by atoms with Gasteiger partial charge < -0.3 is 0 Å². The van der Waals surface area contributed by atoms with Gasteiger partial charge in [-0.1, -0.05) is 42.7 Å². The third kappa shape index (κ3) is 3.29. The van der Waals surface area contributed by atoms with Crippen LogP contribution in [0.2, 0.25) is 4.47 Å². The number of aryl methyl sites for hydroxylation is 1. The molecule has 1 aliphatic rings. The molecule has 4 nitrogen and oxygen atoms in total. The summed E-state index contributed by atoms with van der Waals surface area (Å²) in [4.78, 5) is 3.96. The van der Waals surface area contributed by atoms with E-state index >= 15 is 0 Å².